The first kappa shape index (κ1) is 14.0. The average Bonchev–Trinajstić information content (AvgIpc) is 2.85. The van der Waals surface area contributed by atoms with Gasteiger partial charge in [-0.15, -0.1) is 0 Å². The maximum atomic E-state index is 12.3. The van der Waals surface area contributed by atoms with Crippen molar-refractivity contribution in [3.63, 3.8) is 0 Å². The van der Waals surface area contributed by atoms with E-state index in [1.54, 1.807) is 12.4 Å². The number of fused-ring (bicyclic) bond motifs is 1. The SMILES string of the molecule is N#CCCn1nc(-c2cncc(Br)c2)c2c1CCCC2=O. The van der Waals surface area contributed by atoms with Crippen molar-refractivity contribution >= 4 is 21.7 Å². The molecule has 1 aliphatic rings. The largest absolute Gasteiger partial charge is 0.294 e. The number of carbonyl (C=O) groups excluding carboxylic acids is 1. The number of nitriles is 1. The van der Waals surface area contributed by atoms with Crippen LogP contribution < -0.4 is 0 Å². The molecule has 2 heterocycles. The highest BCUT2D eigenvalue weighted by atomic mass is 79.9. The zero-order valence-electron chi connectivity index (χ0n) is 11.3. The highest BCUT2D eigenvalue weighted by molar-refractivity contribution is 9.10. The molecule has 106 valence electrons. The topological polar surface area (TPSA) is 71.6 Å². The number of halogens is 1. The van der Waals surface area contributed by atoms with Crippen molar-refractivity contribution in [2.75, 3.05) is 0 Å². The average molecular weight is 345 g/mol. The predicted octanol–water partition coefficient (Wildman–Crippen LogP) is 3.14. The van der Waals surface area contributed by atoms with Gasteiger partial charge in [0.1, 0.15) is 5.69 Å². The van der Waals surface area contributed by atoms with Gasteiger partial charge in [-0.3, -0.25) is 14.5 Å². The highest BCUT2D eigenvalue weighted by Gasteiger charge is 2.27. The van der Waals surface area contributed by atoms with Crippen LogP contribution in [0.5, 0.6) is 0 Å². The van der Waals surface area contributed by atoms with Gasteiger partial charge in [0, 0.05) is 34.5 Å². The number of Topliss-reactive ketones (excluding diaryl/α,β-unsaturated/α-hetero) is 1. The summed E-state index contributed by atoms with van der Waals surface area (Å²) < 4.78 is 2.66. The number of hydrogen-bond acceptors (Lipinski definition) is 4. The van der Waals surface area contributed by atoms with E-state index in [9.17, 15) is 4.79 Å². The minimum absolute atomic E-state index is 0.134. The van der Waals surface area contributed by atoms with Gasteiger partial charge in [0.2, 0.25) is 0 Å². The zero-order chi connectivity index (χ0) is 14.8. The highest BCUT2D eigenvalue weighted by Crippen LogP contribution is 2.32. The summed E-state index contributed by atoms with van der Waals surface area (Å²) in [5, 5.41) is 13.3. The van der Waals surface area contributed by atoms with Crippen LogP contribution in [0.4, 0.5) is 0 Å². The normalized spacial score (nSPS) is 13.8. The maximum Gasteiger partial charge on any atom is 0.166 e. The molecule has 0 bridgehead atoms. The molecule has 0 saturated carbocycles. The van der Waals surface area contributed by atoms with Crippen LogP contribution in [-0.4, -0.2) is 20.5 Å². The summed E-state index contributed by atoms with van der Waals surface area (Å²) in [6.07, 6.45) is 6.04. The molecule has 6 heteroatoms. The van der Waals surface area contributed by atoms with Crippen LogP contribution in [0, 0.1) is 11.3 Å². The van der Waals surface area contributed by atoms with Crippen LogP contribution >= 0.6 is 15.9 Å². The fraction of sp³-hybridized carbons (Fsp3) is 0.333. The van der Waals surface area contributed by atoms with E-state index in [-0.39, 0.29) is 5.78 Å². The molecule has 0 spiro atoms. The molecule has 1 aliphatic carbocycles. The van der Waals surface area contributed by atoms with E-state index >= 15 is 0 Å². The van der Waals surface area contributed by atoms with Gasteiger partial charge in [-0.25, -0.2) is 0 Å². The van der Waals surface area contributed by atoms with Gasteiger partial charge < -0.3 is 0 Å². The summed E-state index contributed by atoms with van der Waals surface area (Å²) >= 11 is 3.39. The van der Waals surface area contributed by atoms with Crippen LogP contribution in [0.15, 0.2) is 22.9 Å². The fourth-order valence-corrected chi connectivity index (χ4v) is 3.03. The lowest BCUT2D eigenvalue weighted by Gasteiger charge is -2.12. The van der Waals surface area contributed by atoms with E-state index in [0.717, 1.165) is 28.6 Å². The smallest absolute Gasteiger partial charge is 0.166 e. The summed E-state index contributed by atoms with van der Waals surface area (Å²) in [6, 6.07) is 4.04. The third-order valence-corrected chi connectivity index (χ3v) is 4.00. The van der Waals surface area contributed by atoms with Crippen molar-refractivity contribution in [2.45, 2.75) is 32.2 Å². The first-order valence-electron chi connectivity index (χ1n) is 6.81. The van der Waals surface area contributed by atoms with Crippen LogP contribution in [0.2, 0.25) is 0 Å². The van der Waals surface area contributed by atoms with Gasteiger partial charge in [0.25, 0.3) is 0 Å². The molecule has 2 aromatic heterocycles. The number of nitrogens with zero attached hydrogens (tertiary/aromatic N) is 4. The predicted molar refractivity (Wildman–Crippen MR) is 80.7 cm³/mol. The number of pyridine rings is 1. The lowest BCUT2D eigenvalue weighted by atomic mass is 9.92. The van der Waals surface area contributed by atoms with E-state index in [1.165, 1.54) is 0 Å². The van der Waals surface area contributed by atoms with E-state index in [0.29, 0.717) is 30.6 Å². The molecular weight excluding hydrogens is 332 g/mol. The zero-order valence-corrected chi connectivity index (χ0v) is 12.9. The van der Waals surface area contributed by atoms with E-state index in [4.69, 9.17) is 5.26 Å². The minimum Gasteiger partial charge on any atom is -0.294 e. The summed E-state index contributed by atoms with van der Waals surface area (Å²) in [5.41, 5.74) is 3.17. The molecule has 0 aliphatic heterocycles. The van der Waals surface area contributed by atoms with Crippen molar-refractivity contribution in [2.24, 2.45) is 0 Å². The van der Waals surface area contributed by atoms with Crippen LogP contribution in [0.25, 0.3) is 11.3 Å². The molecule has 0 fully saturated rings. The number of aryl methyl sites for hydroxylation is 1. The van der Waals surface area contributed by atoms with Gasteiger partial charge in [-0.05, 0) is 34.8 Å². The molecule has 2 aromatic rings. The van der Waals surface area contributed by atoms with Crippen LogP contribution in [0.1, 0.15) is 35.3 Å². The van der Waals surface area contributed by atoms with E-state index in [2.05, 4.69) is 32.1 Å². The Balaban J connectivity index is 2.14. The van der Waals surface area contributed by atoms with Crippen LogP contribution in [0.3, 0.4) is 0 Å². The van der Waals surface area contributed by atoms with Crippen molar-refractivity contribution in [3.05, 3.63) is 34.2 Å². The van der Waals surface area contributed by atoms with Crippen molar-refractivity contribution in [1.82, 2.24) is 14.8 Å². The lowest BCUT2D eigenvalue weighted by Crippen LogP contribution is -2.14. The second kappa shape index (κ2) is 5.78. The summed E-state index contributed by atoms with van der Waals surface area (Å²) in [7, 11) is 0. The van der Waals surface area contributed by atoms with Gasteiger partial charge in [-0.2, -0.15) is 10.4 Å². The molecule has 0 radical (unpaired) electrons. The second-order valence-corrected chi connectivity index (χ2v) is 5.89. The number of rotatable bonds is 3. The first-order chi connectivity index (χ1) is 10.2. The summed E-state index contributed by atoms with van der Waals surface area (Å²) in [5.74, 6) is 0.134. The Kier molecular flexibility index (Phi) is 3.84. The Morgan fingerprint density at radius 1 is 1.38 bits per heavy atom. The molecule has 0 saturated heterocycles. The number of ketones is 1. The summed E-state index contributed by atoms with van der Waals surface area (Å²) in [6.45, 7) is 0.521. The molecule has 0 atom stereocenters. The molecule has 0 amide bonds. The van der Waals surface area contributed by atoms with Gasteiger partial charge >= 0.3 is 0 Å². The number of carbonyl (C=O) groups is 1. The van der Waals surface area contributed by atoms with Crippen LogP contribution in [-0.2, 0) is 13.0 Å². The quantitative estimate of drug-likeness (QED) is 0.857. The third-order valence-electron chi connectivity index (χ3n) is 3.57. The lowest BCUT2D eigenvalue weighted by molar-refractivity contribution is 0.0972. The second-order valence-electron chi connectivity index (χ2n) is 4.97. The standard InChI is InChI=1S/C15H13BrN4O/c16-11-7-10(8-18-9-11)15-14-12(3-1-4-13(14)21)20(19-15)6-2-5-17/h7-9H,1-4,6H2. The molecule has 5 nitrogen and oxygen atoms in total. The van der Waals surface area contributed by atoms with Crippen molar-refractivity contribution in [1.29, 1.82) is 5.26 Å². The monoisotopic (exact) mass is 344 g/mol. The molecule has 0 unspecified atom stereocenters. The minimum atomic E-state index is 0.134. The molecule has 3 rings (SSSR count). The van der Waals surface area contributed by atoms with Gasteiger partial charge in [-0.1, -0.05) is 0 Å². The number of hydrogen-bond donors (Lipinski definition) is 0. The molecular formula is C15H13BrN4O. The first-order valence-corrected chi connectivity index (χ1v) is 7.60. The van der Waals surface area contributed by atoms with Gasteiger partial charge in [0.05, 0.1) is 24.6 Å². The Morgan fingerprint density at radius 3 is 3.00 bits per heavy atom. The molecule has 0 aromatic carbocycles. The maximum absolute atomic E-state index is 12.3. The van der Waals surface area contributed by atoms with Crippen molar-refractivity contribution < 1.29 is 4.79 Å². The Hall–Kier alpha value is -2.00. The molecule has 0 N–H and O–H groups in total. The Morgan fingerprint density at radius 2 is 2.24 bits per heavy atom. The van der Waals surface area contributed by atoms with E-state index in [1.807, 2.05) is 10.7 Å². The summed E-state index contributed by atoms with van der Waals surface area (Å²) in [4.78, 5) is 16.4. The number of aromatic nitrogens is 3. The van der Waals surface area contributed by atoms with E-state index < -0.39 is 0 Å². The van der Waals surface area contributed by atoms with Gasteiger partial charge in [0.15, 0.2) is 5.78 Å². The Bertz CT molecular complexity index is 745. The Labute approximate surface area is 130 Å². The fourth-order valence-electron chi connectivity index (χ4n) is 2.67. The third kappa shape index (κ3) is 2.61. The molecule has 21 heavy (non-hydrogen) atoms. The van der Waals surface area contributed by atoms with Crippen molar-refractivity contribution in [3.8, 4) is 17.3 Å².